The van der Waals surface area contributed by atoms with Crippen LogP contribution in [0.2, 0.25) is 0 Å². The van der Waals surface area contributed by atoms with E-state index in [9.17, 15) is 0 Å². The van der Waals surface area contributed by atoms with Gasteiger partial charge in [0.25, 0.3) is 0 Å². The molecule has 0 fully saturated rings. The second kappa shape index (κ2) is 10.0. The summed E-state index contributed by atoms with van der Waals surface area (Å²) in [6, 6.07) is 9.68. The summed E-state index contributed by atoms with van der Waals surface area (Å²) in [6.45, 7) is 9.31. The van der Waals surface area contributed by atoms with Crippen LogP contribution in [-0.4, -0.2) is 39.7 Å². The number of rotatable bonds is 9. The van der Waals surface area contributed by atoms with E-state index in [1.165, 1.54) is 18.1 Å². The molecule has 4 rings (SSSR count). The molecule has 0 atom stereocenters. The van der Waals surface area contributed by atoms with Gasteiger partial charge in [0.05, 0.1) is 13.7 Å². The van der Waals surface area contributed by atoms with E-state index < -0.39 is 0 Å². The Bertz CT molecular complexity index is 1280. The van der Waals surface area contributed by atoms with Crippen LogP contribution < -0.4 is 21.5 Å². The van der Waals surface area contributed by atoms with Gasteiger partial charge in [-0.2, -0.15) is 0 Å². The molecule has 0 radical (unpaired) electrons. The third-order valence-electron chi connectivity index (χ3n) is 5.21. The van der Waals surface area contributed by atoms with Crippen LogP contribution in [0, 0.1) is 5.41 Å². The Hall–Kier alpha value is -3.08. The van der Waals surface area contributed by atoms with E-state index in [1.807, 2.05) is 30.3 Å². The van der Waals surface area contributed by atoms with Crippen LogP contribution >= 0.6 is 11.8 Å². The summed E-state index contributed by atoms with van der Waals surface area (Å²) >= 11 is 1.51. The Morgan fingerprint density at radius 1 is 1.18 bits per heavy atom. The van der Waals surface area contributed by atoms with Gasteiger partial charge in [-0.1, -0.05) is 32.5 Å². The number of fused-ring (bicyclic) bond motifs is 1. The normalized spacial score (nSPS) is 11.9. The molecular weight excluding hydrogens is 450 g/mol. The lowest BCUT2D eigenvalue weighted by Crippen LogP contribution is -2.29. The summed E-state index contributed by atoms with van der Waals surface area (Å²) in [5.74, 6) is 2.56. The Labute approximate surface area is 203 Å². The molecule has 0 aliphatic heterocycles. The number of ether oxygens (including phenoxy) is 1. The van der Waals surface area contributed by atoms with Crippen molar-refractivity contribution in [3.05, 3.63) is 42.4 Å². The van der Waals surface area contributed by atoms with E-state index in [0.29, 0.717) is 30.1 Å². The molecule has 1 aromatic carbocycles. The van der Waals surface area contributed by atoms with E-state index >= 15 is 0 Å². The summed E-state index contributed by atoms with van der Waals surface area (Å²) in [5, 5.41) is 4.28. The lowest BCUT2D eigenvalue weighted by Gasteiger charge is -2.19. The van der Waals surface area contributed by atoms with Gasteiger partial charge in [0.2, 0.25) is 0 Å². The number of nitrogen functional groups attached to an aromatic ring is 1. The average Bonchev–Trinajstić information content (AvgIpc) is 3.42. The Balaban J connectivity index is 1.72. The number of hydrogen-bond donors (Lipinski definition) is 3. The molecule has 0 saturated carbocycles. The predicted octanol–water partition coefficient (Wildman–Crippen LogP) is 3.92. The SMILES string of the molecule is COc1ccc(-c2ccc(CN)o2)c(Sc2nc3c(N)ncnc3n2CCNCC(C)(C)C)c1. The highest BCUT2D eigenvalue weighted by atomic mass is 32.2. The van der Waals surface area contributed by atoms with Crippen molar-refractivity contribution in [2.45, 2.75) is 43.9 Å². The minimum atomic E-state index is 0.197. The van der Waals surface area contributed by atoms with E-state index in [4.69, 9.17) is 25.6 Å². The van der Waals surface area contributed by atoms with E-state index in [0.717, 1.165) is 46.0 Å². The Kier molecular flexibility index (Phi) is 7.11. The average molecular weight is 482 g/mol. The van der Waals surface area contributed by atoms with Gasteiger partial charge in [-0.3, -0.25) is 0 Å². The third-order valence-corrected chi connectivity index (χ3v) is 6.26. The molecule has 0 saturated heterocycles. The smallest absolute Gasteiger partial charge is 0.175 e. The van der Waals surface area contributed by atoms with Gasteiger partial charge in [-0.15, -0.1) is 0 Å². The van der Waals surface area contributed by atoms with Crippen molar-refractivity contribution in [3.8, 4) is 17.1 Å². The van der Waals surface area contributed by atoms with Crippen LogP contribution in [0.5, 0.6) is 5.75 Å². The van der Waals surface area contributed by atoms with Crippen LogP contribution in [0.25, 0.3) is 22.5 Å². The van der Waals surface area contributed by atoms with Gasteiger partial charge in [0, 0.05) is 30.1 Å². The van der Waals surface area contributed by atoms with Crippen LogP contribution in [0.3, 0.4) is 0 Å². The lowest BCUT2D eigenvalue weighted by molar-refractivity contribution is 0.375. The second-order valence-electron chi connectivity index (χ2n) is 9.15. The maximum absolute atomic E-state index is 6.13. The molecule has 9 nitrogen and oxygen atoms in total. The molecule has 0 bridgehead atoms. The van der Waals surface area contributed by atoms with Gasteiger partial charge in [0.1, 0.15) is 23.6 Å². The number of imidazole rings is 1. The summed E-state index contributed by atoms with van der Waals surface area (Å²) in [4.78, 5) is 14.3. The van der Waals surface area contributed by atoms with Crippen molar-refractivity contribution in [3.63, 3.8) is 0 Å². The molecule has 3 heterocycles. The molecule has 0 spiro atoms. The minimum Gasteiger partial charge on any atom is -0.497 e. The number of methoxy groups -OCH3 is 1. The maximum Gasteiger partial charge on any atom is 0.175 e. The number of hydrogen-bond acceptors (Lipinski definition) is 9. The number of furan rings is 1. The van der Waals surface area contributed by atoms with Gasteiger partial charge in [0.15, 0.2) is 22.1 Å². The molecule has 0 unspecified atom stereocenters. The van der Waals surface area contributed by atoms with Crippen molar-refractivity contribution in [1.29, 1.82) is 0 Å². The first-order chi connectivity index (χ1) is 16.3. The van der Waals surface area contributed by atoms with Crippen molar-refractivity contribution in [1.82, 2.24) is 24.8 Å². The van der Waals surface area contributed by atoms with Crippen LogP contribution in [0.1, 0.15) is 26.5 Å². The molecule has 0 aliphatic carbocycles. The molecule has 0 amide bonds. The number of anilines is 1. The quantitative estimate of drug-likeness (QED) is 0.304. The number of benzene rings is 1. The Morgan fingerprint density at radius 3 is 2.71 bits per heavy atom. The lowest BCUT2D eigenvalue weighted by atomic mass is 9.97. The molecule has 4 aromatic rings. The van der Waals surface area contributed by atoms with Crippen LogP contribution in [0.15, 0.2) is 51.1 Å². The molecule has 34 heavy (non-hydrogen) atoms. The second-order valence-corrected chi connectivity index (χ2v) is 10.2. The molecule has 180 valence electrons. The zero-order valence-corrected chi connectivity index (χ0v) is 20.8. The predicted molar refractivity (Wildman–Crippen MR) is 135 cm³/mol. The number of nitrogens with one attached hydrogen (secondary N) is 1. The van der Waals surface area contributed by atoms with Gasteiger partial charge >= 0.3 is 0 Å². The standard InChI is InChI=1S/C24H31N7O2S/c1-24(2,3)13-27-9-10-31-22-20(21(26)28-14-29-22)30-23(31)34-19-11-15(32-4)5-7-17(19)18-8-6-16(12-25)33-18/h5-8,11,14,27H,9-10,12-13,25H2,1-4H3,(H2,26,28,29). The highest BCUT2D eigenvalue weighted by Crippen LogP contribution is 2.39. The van der Waals surface area contributed by atoms with Crippen LogP contribution in [-0.2, 0) is 13.1 Å². The zero-order valence-electron chi connectivity index (χ0n) is 20.0. The largest absolute Gasteiger partial charge is 0.497 e. The van der Waals surface area contributed by atoms with E-state index in [1.54, 1.807) is 7.11 Å². The van der Waals surface area contributed by atoms with Gasteiger partial charge < -0.3 is 30.5 Å². The fraction of sp³-hybridized carbons (Fsp3) is 0.375. The van der Waals surface area contributed by atoms with Crippen molar-refractivity contribution in [2.24, 2.45) is 11.1 Å². The summed E-state index contributed by atoms with van der Waals surface area (Å²) in [6.07, 6.45) is 1.47. The van der Waals surface area contributed by atoms with Crippen molar-refractivity contribution in [2.75, 3.05) is 25.9 Å². The molecule has 10 heteroatoms. The van der Waals surface area contributed by atoms with Crippen molar-refractivity contribution < 1.29 is 9.15 Å². The topological polar surface area (TPSA) is 130 Å². The minimum absolute atomic E-state index is 0.197. The fourth-order valence-electron chi connectivity index (χ4n) is 3.52. The highest BCUT2D eigenvalue weighted by Gasteiger charge is 2.19. The fourth-order valence-corrected chi connectivity index (χ4v) is 4.59. The first-order valence-corrected chi connectivity index (χ1v) is 11.9. The van der Waals surface area contributed by atoms with E-state index in [-0.39, 0.29) is 5.41 Å². The summed E-state index contributed by atoms with van der Waals surface area (Å²) < 4.78 is 13.5. The van der Waals surface area contributed by atoms with Gasteiger partial charge in [-0.05, 0) is 35.7 Å². The first kappa shape index (κ1) is 24.1. The molecule has 5 N–H and O–H groups in total. The molecule has 3 aromatic heterocycles. The van der Waals surface area contributed by atoms with Crippen molar-refractivity contribution >= 4 is 28.7 Å². The van der Waals surface area contributed by atoms with E-state index in [2.05, 4.69) is 40.6 Å². The maximum atomic E-state index is 6.13. The first-order valence-electron chi connectivity index (χ1n) is 11.1. The van der Waals surface area contributed by atoms with Gasteiger partial charge in [-0.25, -0.2) is 15.0 Å². The van der Waals surface area contributed by atoms with Crippen LogP contribution in [0.4, 0.5) is 5.82 Å². The monoisotopic (exact) mass is 481 g/mol. The number of aromatic nitrogens is 4. The third kappa shape index (κ3) is 5.35. The summed E-state index contributed by atoms with van der Waals surface area (Å²) in [7, 11) is 1.65. The number of nitrogens with zero attached hydrogens (tertiary/aromatic N) is 4. The molecule has 0 aliphatic rings. The summed E-state index contributed by atoms with van der Waals surface area (Å²) in [5.41, 5.74) is 14.3. The number of nitrogens with two attached hydrogens (primary N) is 2. The highest BCUT2D eigenvalue weighted by molar-refractivity contribution is 7.99. The zero-order chi connectivity index (χ0) is 24.3. The Morgan fingerprint density at radius 2 is 2.00 bits per heavy atom. The molecular formula is C24H31N7O2S.